The van der Waals surface area contributed by atoms with Crippen molar-refractivity contribution in [2.24, 2.45) is 0 Å². The minimum atomic E-state index is -4.80. The second-order valence-corrected chi connectivity index (χ2v) is 16.1. The van der Waals surface area contributed by atoms with Crippen LogP contribution in [-0.2, 0) is 46.2 Å². The zero-order chi connectivity index (χ0) is 38.5. The van der Waals surface area contributed by atoms with E-state index in [2.05, 4.69) is 24.9 Å². The van der Waals surface area contributed by atoms with Crippen molar-refractivity contribution in [2.75, 3.05) is 24.4 Å². The molecule has 4 heterocycles. The number of imidazole rings is 1. The molecule has 6 atom stereocenters. The molecule has 0 amide bonds. The Balaban J connectivity index is 1.29. The van der Waals surface area contributed by atoms with Gasteiger partial charge in [-0.05, 0) is 49.7 Å². The number of hydrogen-bond donors (Lipinski definition) is 4. The first-order chi connectivity index (χ1) is 24.8. The monoisotopic (exact) mass is 805 g/mol. The highest BCUT2D eigenvalue weighted by Gasteiger charge is 2.54. The topological polar surface area (TPSA) is 217 Å². The first kappa shape index (κ1) is 38.8. The lowest BCUT2D eigenvalue weighted by molar-refractivity contribution is -0.152. The van der Waals surface area contributed by atoms with E-state index in [0.29, 0.717) is 5.02 Å². The SMILES string of the molecule is CCN(NS(C)(=O)=O)c1ncnc2c1ncn2C1OC(COP(=O)(NC2C(=O)OCc3c2cccc3C(F)(F)F)Oc2ccc(Cl)cc2)[C@@H](O)[C@@]1(C)O. The first-order valence-electron chi connectivity index (χ1n) is 15.6. The molecule has 6 rings (SSSR count). The van der Waals surface area contributed by atoms with E-state index in [1.165, 1.54) is 53.2 Å². The zero-order valence-corrected chi connectivity index (χ0v) is 30.4. The summed E-state index contributed by atoms with van der Waals surface area (Å²) in [5, 5.41) is 26.6. The van der Waals surface area contributed by atoms with Gasteiger partial charge in [0.2, 0.25) is 10.0 Å². The largest absolute Gasteiger partial charge is 0.459 e. The Labute approximate surface area is 304 Å². The molecule has 0 aliphatic carbocycles. The molecule has 2 aliphatic heterocycles. The summed E-state index contributed by atoms with van der Waals surface area (Å²) >= 11 is 5.97. The van der Waals surface area contributed by atoms with Crippen molar-refractivity contribution in [3.8, 4) is 5.75 Å². The fourth-order valence-electron chi connectivity index (χ4n) is 5.88. The van der Waals surface area contributed by atoms with E-state index in [9.17, 15) is 41.2 Å². The number of rotatable bonds is 12. The van der Waals surface area contributed by atoms with Crippen molar-refractivity contribution in [3.05, 3.63) is 76.8 Å². The minimum Gasteiger partial charge on any atom is -0.459 e. The zero-order valence-electron chi connectivity index (χ0n) is 27.9. The number of anilines is 1. The van der Waals surface area contributed by atoms with Crippen LogP contribution in [0.3, 0.4) is 0 Å². The highest BCUT2D eigenvalue weighted by molar-refractivity contribution is 7.88. The number of carbonyl (C=O) groups is 1. The third-order valence-electron chi connectivity index (χ3n) is 8.35. The number of hydrazine groups is 1. The van der Waals surface area contributed by atoms with Crippen molar-refractivity contribution in [3.63, 3.8) is 0 Å². The van der Waals surface area contributed by atoms with Gasteiger partial charge in [0.05, 0.1) is 24.8 Å². The molecular weight excluding hydrogens is 774 g/mol. The van der Waals surface area contributed by atoms with Gasteiger partial charge >= 0.3 is 19.9 Å². The van der Waals surface area contributed by atoms with Crippen molar-refractivity contribution in [2.45, 2.75) is 56.7 Å². The maximum atomic E-state index is 14.4. The number of carbonyl (C=O) groups excluding carboxylic acids is 1. The maximum Gasteiger partial charge on any atom is 0.459 e. The van der Waals surface area contributed by atoms with Gasteiger partial charge in [-0.15, -0.1) is 4.83 Å². The molecule has 2 aliphatic rings. The molecule has 53 heavy (non-hydrogen) atoms. The molecule has 4 aromatic rings. The van der Waals surface area contributed by atoms with Crippen LogP contribution in [0.1, 0.15) is 42.8 Å². The normalized spacial score (nSPS) is 24.4. The molecule has 0 spiro atoms. The van der Waals surface area contributed by atoms with E-state index in [-0.39, 0.29) is 40.4 Å². The van der Waals surface area contributed by atoms with Crippen LogP contribution in [0.4, 0.5) is 19.0 Å². The fraction of sp³-hybridized carbons (Fsp3) is 0.400. The molecule has 1 saturated heterocycles. The van der Waals surface area contributed by atoms with Crippen LogP contribution < -0.4 is 19.5 Å². The molecule has 1 fully saturated rings. The average Bonchev–Trinajstić information content (AvgIpc) is 3.61. The number of nitrogens with zero attached hydrogens (tertiary/aromatic N) is 5. The van der Waals surface area contributed by atoms with Gasteiger partial charge in [-0.1, -0.05) is 23.7 Å². The van der Waals surface area contributed by atoms with Crippen LogP contribution in [-0.4, -0.2) is 81.3 Å². The lowest BCUT2D eigenvalue weighted by Crippen LogP contribution is -2.44. The number of aromatic nitrogens is 4. The summed E-state index contributed by atoms with van der Waals surface area (Å²) in [6.45, 7) is 1.59. The number of hydrogen-bond acceptors (Lipinski definition) is 14. The summed E-state index contributed by atoms with van der Waals surface area (Å²) in [6, 6.07) is 6.82. The van der Waals surface area contributed by atoms with Crippen LogP contribution >= 0.6 is 19.3 Å². The van der Waals surface area contributed by atoms with E-state index in [1.807, 2.05) is 0 Å². The first-order valence-corrected chi connectivity index (χ1v) is 19.4. The highest BCUT2D eigenvalue weighted by Crippen LogP contribution is 2.50. The number of nitrogens with one attached hydrogen (secondary N) is 2. The lowest BCUT2D eigenvalue weighted by Gasteiger charge is -2.30. The molecule has 0 radical (unpaired) electrons. The van der Waals surface area contributed by atoms with Gasteiger partial charge in [0.1, 0.15) is 42.5 Å². The molecule has 4 N–H and O–H groups in total. The molecule has 23 heteroatoms. The van der Waals surface area contributed by atoms with Gasteiger partial charge < -0.3 is 24.2 Å². The Morgan fingerprint density at radius 2 is 1.91 bits per heavy atom. The second kappa shape index (κ2) is 14.4. The van der Waals surface area contributed by atoms with Gasteiger partial charge in [-0.2, -0.15) is 18.3 Å². The fourth-order valence-corrected chi connectivity index (χ4v) is 8.10. The van der Waals surface area contributed by atoms with E-state index in [0.717, 1.165) is 24.7 Å². The van der Waals surface area contributed by atoms with Gasteiger partial charge in [0.25, 0.3) is 0 Å². The van der Waals surface area contributed by atoms with Crippen LogP contribution in [0.15, 0.2) is 55.1 Å². The Kier molecular flexibility index (Phi) is 10.5. The number of aliphatic hydroxyl groups is 2. The predicted molar refractivity (Wildman–Crippen MR) is 180 cm³/mol. The Bertz CT molecular complexity index is 2180. The summed E-state index contributed by atoms with van der Waals surface area (Å²) < 4.78 is 103. The Morgan fingerprint density at radius 1 is 1.19 bits per heavy atom. The summed E-state index contributed by atoms with van der Waals surface area (Å²) in [7, 11) is -8.52. The van der Waals surface area contributed by atoms with Gasteiger partial charge in [0.15, 0.2) is 23.2 Å². The molecule has 17 nitrogen and oxygen atoms in total. The van der Waals surface area contributed by atoms with E-state index < -0.39 is 78.8 Å². The van der Waals surface area contributed by atoms with Crippen LogP contribution in [0.5, 0.6) is 5.75 Å². The number of aliphatic hydroxyl groups excluding tert-OH is 1. The summed E-state index contributed by atoms with van der Waals surface area (Å²) in [5.41, 5.74) is -3.50. The molecule has 286 valence electrons. The lowest BCUT2D eigenvalue weighted by atomic mass is 9.94. The highest BCUT2D eigenvalue weighted by atomic mass is 35.5. The van der Waals surface area contributed by atoms with Crippen LogP contribution in [0.2, 0.25) is 5.02 Å². The molecule has 2 aromatic carbocycles. The number of cyclic esters (lactones) is 1. The molecule has 2 aromatic heterocycles. The standard InChI is InChI=1S/C30H32ClF3N7O10PS/c1-4-41(39-53(3,46)47)26-23-25(35-14-36-26)40(15-37-23)28-29(2,44)24(42)21(50-28)13-49-52(45,51-17-10-8-16(31)9-11-17)38-22-18-6-5-7-20(30(32,33)34)19(18)12-48-27(22)43/h5-11,14-15,21-22,24,28,39,42,44H,4,12-13H2,1-3H3,(H,38,45)/t21?,22?,24-,28?,29-,52?/m1/s1. The van der Waals surface area contributed by atoms with E-state index in [4.69, 9.17) is 30.1 Å². The number of ether oxygens (including phenoxy) is 2. The minimum absolute atomic E-state index is 0.0777. The van der Waals surface area contributed by atoms with Crippen LogP contribution in [0.25, 0.3) is 11.2 Å². The van der Waals surface area contributed by atoms with Crippen molar-refractivity contribution >= 4 is 52.3 Å². The van der Waals surface area contributed by atoms with Gasteiger partial charge in [0, 0.05) is 17.1 Å². The summed E-state index contributed by atoms with van der Waals surface area (Å²) in [5.74, 6) is -1.07. The Hall–Kier alpha value is -3.92. The molecule has 4 unspecified atom stereocenters. The van der Waals surface area contributed by atoms with E-state index in [1.54, 1.807) is 6.92 Å². The van der Waals surface area contributed by atoms with Crippen LogP contribution in [0, 0.1) is 0 Å². The van der Waals surface area contributed by atoms with Crippen molar-refractivity contribution in [1.29, 1.82) is 0 Å². The summed E-state index contributed by atoms with van der Waals surface area (Å²) in [4.78, 5) is 27.9. The molecule has 0 bridgehead atoms. The summed E-state index contributed by atoms with van der Waals surface area (Å²) in [6.07, 6.45) is -6.07. The number of esters is 1. The number of alkyl halides is 3. The number of halogens is 4. The molecular formula is C30H32ClF3N7O10PS. The Morgan fingerprint density at radius 3 is 2.57 bits per heavy atom. The predicted octanol–water partition coefficient (Wildman–Crippen LogP) is 3.39. The van der Waals surface area contributed by atoms with Crippen molar-refractivity contribution < 1.29 is 59.7 Å². The molecule has 0 saturated carbocycles. The average molecular weight is 806 g/mol. The number of sulfonamides is 1. The smallest absolute Gasteiger partial charge is 0.459 e. The van der Waals surface area contributed by atoms with E-state index >= 15 is 0 Å². The quantitative estimate of drug-likeness (QED) is 0.0917. The maximum absolute atomic E-state index is 14.4. The van der Waals surface area contributed by atoms with Gasteiger partial charge in [-0.25, -0.2) is 32.7 Å². The second-order valence-electron chi connectivity index (χ2n) is 12.2. The third-order valence-corrected chi connectivity index (χ3v) is 10.7. The number of fused-ring (bicyclic) bond motifs is 2. The number of benzene rings is 2. The third kappa shape index (κ3) is 7.98. The van der Waals surface area contributed by atoms with Crippen molar-refractivity contribution in [1.82, 2.24) is 29.4 Å². The van der Waals surface area contributed by atoms with Gasteiger partial charge in [-0.3, -0.25) is 14.1 Å².